The van der Waals surface area contributed by atoms with E-state index < -0.39 is 0 Å². The SMILES string of the molecule is O=CNCCc1ccc(Br)cc1Cl. The molecule has 1 N–H and O–H groups in total. The molecule has 4 heteroatoms. The van der Waals surface area contributed by atoms with Gasteiger partial charge < -0.3 is 5.32 Å². The van der Waals surface area contributed by atoms with Gasteiger partial charge in [-0.25, -0.2) is 0 Å². The average Bonchev–Trinajstić information content (AvgIpc) is 2.09. The summed E-state index contributed by atoms with van der Waals surface area (Å²) in [7, 11) is 0. The molecule has 0 aliphatic rings. The van der Waals surface area contributed by atoms with Crippen molar-refractivity contribution in [3.8, 4) is 0 Å². The van der Waals surface area contributed by atoms with Crippen LogP contribution in [0.15, 0.2) is 22.7 Å². The second kappa shape index (κ2) is 5.25. The lowest BCUT2D eigenvalue weighted by Gasteiger charge is -2.03. The van der Waals surface area contributed by atoms with E-state index in [1.54, 1.807) is 0 Å². The van der Waals surface area contributed by atoms with E-state index in [0.717, 1.165) is 21.5 Å². The molecule has 0 unspecified atom stereocenters. The molecule has 0 atom stereocenters. The van der Waals surface area contributed by atoms with Gasteiger partial charge in [0.25, 0.3) is 0 Å². The van der Waals surface area contributed by atoms with Gasteiger partial charge in [0.15, 0.2) is 0 Å². The Morgan fingerprint density at radius 2 is 2.31 bits per heavy atom. The zero-order valence-electron chi connectivity index (χ0n) is 6.89. The maximum Gasteiger partial charge on any atom is 0.207 e. The van der Waals surface area contributed by atoms with E-state index in [1.807, 2.05) is 18.2 Å². The first-order chi connectivity index (χ1) is 6.24. The van der Waals surface area contributed by atoms with Crippen molar-refractivity contribution in [2.24, 2.45) is 0 Å². The summed E-state index contributed by atoms with van der Waals surface area (Å²) in [6, 6.07) is 5.72. The van der Waals surface area contributed by atoms with Gasteiger partial charge in [0.05, 0.1) is 0 Å². The highest BCUT2D eigenvalue weighted by Gasteiger charge is 1.99. The van der Waals surface area contributed by atoms with Crippen molar-refractivity contribution in [3.05, 3.63) is 33.3 Å². The van der Waals surface area contributed by atoms with Crippen LogP contribution in [0.1, 0.15) is 5.56 Å². The molecule has 1 aromatic carbocycles. The Labute approximate surface area is 90.4 Å². The lowest BCUT2D eigenvalue weighted by atomic mass is 10.1. The average molecular weight is 263 g/mol. The zero-order valence-corrected chi connectivity index (χ0v) is 9.23. The van der Waals surface area contributed by atoms with E-state index in [1.165, 1.54) is 0 Å². The fraction of sp³-hybridized carbons (Fsp3) is 0.222. The number of hydrogen-bond donors (Lipinski definition) is 1. The number of carbonyl (C=O) groups is 1. The summed E-state index contributed by atoms with van der Waals surface area (Å²) >= 11 is 9.28. The minimum absolute atomic E-state index is 0.616. The monoisotopic (exact) mass is 261 g/mol. The maximum absolute atomic E-state index is 9.98. The molecule has 1 amide bonds. The third kappa shape index (κ3) is 3.36. The van der Waals surface area contributed by atoms with Crippen LogP contribution in [0.4, 0.5) is 0 Å². The van der Waals surface area contributed by atoms with E-state index in [-0.39, 0.29) is 0 Å². The lowest BCUT2D eigenvalue weighted by Crippen LogP contribution is -2.14. The van der Waals surface area contributed by atoms with Gasteiger partial charge in [-0.15, -0.1) is 0 Å². The Morgan fingerprint density at radius 1 is 1.54 bits per heavy atom. The summed E-state index contributed by atoms with van der Waals surface area (Å²) in [4.78, 5) is 9.98. The van der Waals surface area contributed by atoms with Crippen LogP contribution in [0.3, 0.4) is 0 Å². The summed E-state index contributed by atoms with van der Waals surface area (Å²) in [6.07, 6.45) is 1.44. The van der Waals surface area contributed by atoms with Crippen molar-refractivity contribution in [1.82, 2.24) is 5.32 Å². The van der Waals surface area contributed by atoms with Gasteiger partial charge in [-0.1, -0.05) is 33.6 Å². The highest BCUT2D eigenvalue weighted by Crippen LogP contribution is 2.21. The topological polar surface area (TPSA) is 29.1 Å². The molecule has 2 nitrogen and oxygen atoms in total. The Balaban J connectivity index is 2.61. The fourth-order valence-corrected chi connectivity index (χ4v) is 1.76. The van der Waals surface area contributed by atoms with Gasteiger partial charge in [-0.2, -0.15) is 0 Å². The molecular weight excluding hydrogens is 253 g/mol. The summed E-state index contributed by atoms with van der Waals surface area (Å²) < 4.78 is 0.963. The summed E-state index contributed by atoms with van der Waals surface area (Å²) in [5.74, 6) is 0. The van der Waals surface area contributed by atoms with Crippen LogP contribution in [0.2, 0.25) is 5.02 Å². The predicted molar refractivity (Wildman–Crippen MR) is 56.9 cm³/mol. The molecule has 0 aromatic heterocycles. The van der Waals surface area contributed by atoms with Crippen LogP contribution in [-0.4, -0.2) is 13.0 Å². The molecule has 0 heterocycles. The Bertz CT molecular complexity index is 304. The number of rotatable bonds is 4. The third-order valence-corrected chi connectivity index (χ3v) is 2.48. The van der Waals surface area contributed by atoms with Crippen LogP contribution in [0, 0.1) is 0 Å². The smallest absolute Gasteiger partial charge is 0.207 e. The summed E-state index contributed by atoms with van der Waals surface area (Å²) in [5.41, 5.74) is 1.04. The van der Waals surface area contributed by atoms with Crippen molar-refractivity contribution in [1.29, 1.82) is 0 Å². The predicted octanol–water partition coefficient (Wildman–Crippen LogP) is 2.39. The molecule has 0 aliphatic carbocycles. The summed E-state index contributed by atoms with van der Waals surface area (Å²) in [5, 5.41) is 3.31. The highest BCUT2D eigenvalue weighted by molar-refractivity contribution is 9.10. The second-order valence-electron chi connectivity index (χ2n) is 2.56. The number of benzene rings is 1. The van der Waals surface area contributed by atoms with Gasteiger partial charge in [0.1, 0.15) is 0 Å². The zero-order chi connectivity index (χ0) is 9.68. The molecular formula is C9H9BrClNO. The van der Waals surface area contributed by atoms with Crippen molar-refractivity contribution in [2.45, 2.75) is 6.42 Å². The normalized spacial score (nSPS) is 9.69. The van der Waals surface area contributed by atoms with Gasteiger partial charge in [-0.3, -0.25) is 4.79 Å². The minimum atomic E-state index is 0.616. The molecule has 0 radical (unpaired) electrons. The van der Waals surface area contributed by atoms with Crippen LogP contribution in [-0.2, 0) is 11.2 Å². The third-order valence-electron chi connectivity index (χ3n) is 1.64. The van der Waals surface area contributed by atoms with Gasteiger partial charge in [0.2, 0.25) is 6.41 Å². The first-order valence-electron chi connectivity index (χ1n) is 3.85. The van der Waals surface area contributed by atoms with E-state index in [4.69, 9.17) is 11.6 Å². The van der Waals surface area contributed by atoms with Crippen LogP contribution < -0.4 is 5.32 Å². The molecule has 0 fully saturated rings. The number of carbonyl (C=O) groups excluding carboxylic acids is 1. The Morgan fingerprint density at radius 3 is 2.92 bits per heavy atom. The van der Waals surface area contributed by atoms with Crippen molar-refractivity contribution in [3.63, 3.8) is 0 Å². The van der Waals surface area contributed by atoms with Gasteiger partial charge in [-0.05, 0) is 24.1 Å². The Hall–Kier alpha value is -0.540. The van der Waals surface area contributed by atoms with Crippen LogP contribution in [0.25, 0.3) is 0 Å². The van der Waals surface area contributed by atoms with E-state index in [2.05, 4.69) is 21.2 Å². The van der Waals surface area contributed by atoms with E-state index in [9.17, 15) is 4.79 Å². The molecule has 0 aliphatic heterocycles. The van der Waals surface area contributed by atoms with Crippen molar-refractivity contribution >= 4 is 33.9 Å². The van der Waals surface area contributed by atoms with E-state index in [0.29, 0.717) is 13.0 Å². The second-order valence-corrected chi connectivity index (χ2v) is 3.88. The number of halogens is 2. The largest absolute Gasteiger partial charge is 0.358 e. The van der Waals surface area contributed by atoms with Crippen LogP contribution in [0.5, 0.6) is 0 Å². The van der Waals surface area contributed by atoms with E-state index >= 15 is 0 Å². The van der Waals surface area contributed by atoms with Crippen molar-refractivity contribution in [2.75, 3.05) is 6.54 Å². The lowest BCUT2D eigenvalue weighted by molar-refractivity contribution is -0.109. The number of hydrogen-bond acceptors (Lipinski definition) is 1. The standard InChI is InChI=1S/C9H9BrClNO/c10-8-2-1-7(9(11)5-8)3-4-12-6-13/h1-2,5-6H,3-4H2,(H,12,13). The number of amides is 1. The maximum atomic E-state index is 9.98. The molecule has 13 heavy (non-hydrogen) atoms. The first-order valence-corrected chi connectivity index (χ1v) is 5.02. The number of nitrogens with one attached hydrogen (secondary N) is 1. The molecule has 0 spiro atoms. The molecule has 1 aromatic rings. The molecule has 1 rings (SSSR count). The van der Waals surface area contributed by atoms with Crippen LogP contribution >= 0.6 is 27.5 Å². The molecule has 70 valence electrons. The minimum Gasteiger partial charge on any atom is -0.358 e. The molecule has 0 bridgehead atoms. The first kappa shape index (κ1) is 10.5. The molecule has 0 saturated carbocycles. The van der Waals surface area contributed by atoms with Gasteiger partial charge >= 0.3 is 0 Å². The quantitative estimate of drug-likeness (QED) is 0.655. The Kier molecular flexibility index (Phi) is 4.25. The fourth-order valence-electron chi connectivity index (χ4n) is 0.990. The molecule has 0 saturated heterocycles. The highest BCUT2D eigenvalue weighted by atomic mass is 79.9. The van der Waals surface area contributed by atoms with Crippen molar-refractivity contribution < 1.29 is 4.79 Å². The van der Waals surface area contributed by atoms with Gasteiger partial charge in [0, 0.05) is 16.0 Å². The summed E-state index contributed by atoms with van der Waals surface area (Å²) in [6.45, 7) is 0.616.